The first-order valence-electron chi connectivity index (χ1n) is 5.65. The highest BCUT2D eigenvalue weighted by atomic mass is 16.5. The van der Waals surface area contributed by atoms with E-state index in [1.807, 2.05) is 0 Å². The van der Waals surface area contributed by atoms with Crippen molar-refractivity contribution < 1.29 is 9.84 Å². The predicted octanol–water partition coefficient (Wildman–Crippen LogP) is -1.15. The average molecular weight is 252 g/mol. The Labute approximate surface area is 100 Å². The summed E-state index contributed by atoms with van der Waals surface area (Å²) >= 11 is 0. The van der Waals surface area contributed by atoms with Gasteiger partial charge in [-0.15, -0.1) is 0 Å². The molecular weight excluding hydrogens is 240 g/mol. The Morgan fingerprint density at radius 1 is 1.44 bits per heavy atom. The van der Waals surface area contributed by atoms with Gasteiger partial charge in [0.05, 0.1) is 12.7 Å². The minimum absolute atomic E-state index is 0.0380. The highest BCUT2D eigenvalue weighted by molar-refractivity contribution is 5.28. The third-order valence-electron chi connectivity index (χ3n) is 3.06. The SMILES string of the molecule is O=c1nc2n([C@H]3CC[C@@H](CO)O3)ccn2c(=O)[nH]1. The van der Waals surface area contributed by atoms with Gasteiger partial charge >= 0.3 is 11.4 Å². The van der Waals surface area contributed by atoms with Crippen LogP contribution in [0.5, 0.6) is 0 Å². The number of hydrogen-bond donors (Lipinski definition) is 2. The van der Waals surface area contributed by atoms with E-state index in [9.17, 15) is 9.59 Å². The van der Waals surface area contributed by atoms with E-state index in [1.165, 1.54) is 10.6 Å². The maximum Gasteiger partial charge on any atom is 0.352 e. The highest BCUT2D eigenvalue weighted by Gasteiger charge is 2.27. The first-order valence-corrected chi connectivity index (χ1v) is 5.65. The second-order valence-electron chi connectivity index (χ2n) is 4.20. The van der Waals surface area contributed by atoms with Crippen molar-refractivity contribution in [2.45, 2.75) is 25.2 Å². The molecule has 1 aliphatic rings. The fourth-order valence-corrected chi connectivity index (χ4v) is 2.19. The molecule has 3 heterocycles. The standard InChI is InChI=1S/C10H12N4O4/c15-5-6-1-2-7(18-6)13-3-4-14-9(13)11-8(16)12-10(14)17/h3-4,6-7,15H,1-2,5H2,(H,12,16,17)/t6-,7+/m0/s1. The van der Waals surface area contributed by atoms with Crippen molar-refractivity contribution in [1.29, 1.82) is 0 Å². The van der Waals surface area contributed by atoms with Gasteiger partial charge < -0.3 is 9.84 Å². The van der Waals surface area contributed by atoms with Crippen LogP contribution in [0.3, 0.4) is 0 Å². The van der Waals surface area contributed by atoms with E-state index in [-0.39, 0.29) is 24.7 Å². The summed E-state index contributed by atoms with van der Waals surface area (Å²) in [5.41, 5.74) is -1.21. The van der Waals surface area contributed by atoms with Gasteiger partial charge in [0.15, 0.2) is 0 Å². The zero-order chi connectivity index (χ0) is 12.7. The minimum atomic E-state index is -0.684. The largest absolute Gasteiger partial charge is 0.394 e. The molecule has 0 spiro atoms. The number of aromatic nitrogens is 4. The summed E-state index contributed by atoms with van der Waals surface area (Å²) in [7, 11) is 0. The molecule has 3 rings (SSSR count). The van der Waals surface area contributed by atoms with Crippen molar-refractivity contribution in [3.05, 3.63) is 33.4 Å². The lowest BCUT2D eigenvalue weighted by molar-refractivity contribution is -0.0207. The normalized spacial score (nSPS) is 23.8. The van der Waals surface area contributed by atoms with E-state index < -0.39 is 11.4 Å². The highest BCUT2D eigenvalue weighted by Crippen LogP contribution is 2.28. The van der Waals surface area contributed by atoms with Crippen molar-refractivity contribution in [3.8, 4) is 0 Å². The van der Waals surface area contributed by atoms with Crippen LogP contribution in [0.15, 0.2) is 22.0 Å². The van der Waals surface area contributed by atoms with E-state index in [2.05, 4.69) is 9.97 Å². The molecular formula is C10H12N4O4. The first-order chi connectivity index (χ1) is 8.69. The predicted molar refractivity (Wildman–Crippen MR) is 60.3 cm³/mol. The molecule has 2 aromatic rings. The van der Waals surface area contributed by atoms with E-state index in [0.29, 0.717) is 6.42 Å². The van der Waals surface area contributed by atoms with Crippen LogP contribution in [0.2, 0.25) is 0 Å². The number of imidazole rings is 1. The first kappa shape index (κ1) is 11.2. The summed E-state index contributed by atoms with van der Waals surface area (Å²) in [6, 6.07) is 0. The molecule has 2 aromatic heterocycles. The molecule has 1 fully saturated rings. The van der Waals surface area contributed by atoms with Gasteiger partial charge in [0.1, 0.15) is 6.23 Å². The Kier molecular flexibility index (Phi) is 2.53. The molecule has 0 radical (unpaired) electrons. The third kappa shape index (κ3) is 1.66. The lowest BCUT2D eigenvalue weighted by atomic mass is 10.2. The van der Waals surface area contributed by atoms with E-state index >= 15 is 0 Å². The summed E-state index contributed by atoms with van der Waals surface area (Å²) in [5, 5.41) is 9.02. The van der Waals surface area contributed by atoms with Crippen molar-refractivity contribution in [1.82, 2.24) is 18.9 Å². The summed E-state index contributed by atoms with van der Waals surface area (Å²) in [4.78, 5) is 28.6. The molecule has 0 saturated carbocycles. The van der Waals surface area contributed by atoms with Gasteiger partial charge in [-0.05, 0) is 12.8 Å². The fourth-order valence-electron chi connectivity index (χ4n) is 2.19. The number of nitrogens with zero attached hydrogens (tertiary/aromatic N) is 3. The molecule has 8 nitrogen and oxygen atoms in total. The number of aromatic amines is 1. The summed E-state index contributed by atoms with van der Waals surface area (Å²) in [6.07, 6.45) is 4.10. The van der Waals surface area contributed by atoms with E-state index in [4.69, 9.17) is 9.84 Å². The molecule has 1 saturated heterocycles. The Morgan fingerprint density at radius 2 is 2.28 bits per heavy atom. The van der Waals surface area contributed by atoms with Gasteiger partial charge in [-0.2, -0.15) is 4.98 Å². The van der Waals surface area contributed by atoms with Crippen LogP contribution >= 0.6 is 0 Å². The van der Waals surface area contributed by atoms with Crippen LogP contribution in [-0.4, -0.2) is 36.8 Å². The number of aliphatic hydroxyl groups is 1. The zero-order valence-corrected chi connectivity index (χ0v) is 9.44. The van der Waals surface area contributed by atoms with Crippen LogP contribution in [-0.2, 0) is 4.74 Å². The number of hydrogen-bond acceptors (Lipinski definition) is 5. The molecule has 2 atom stereocenters. The molecule has 18 heavy (non-hydrogen) atoms. The van der Waals surface area contributed by atoms with Gasteiger partial charge in [0.2, 0.25) is 5.78 Å². The second kappa shape index (κ2) is 4.07. The van der Waals surface area contributed by atoms with Crippen LogP contribution in [0.25, 0.3) is 5.78 Å². The lowest BCUT2D eigenvalue weighted by Gasteiger charge is -2.13. The quantitative estimate of drug-likeness (QED) is 0.703. The maximum absolute atomic E-state index is 11.5. The Hall–Kier alpha value is -1.93. The number of nitrogens with one attached hydrogen (secondary N) is 1. The summed E-state index contributed by atoms with van der Waals surface area (Å²) in [6.45, 7) is -0.0380. The molecule has 0 bridgehead atoms. The molecule has 8 heteroatoms. The number of ether oxygens (including phenoxy) is 1. The molecule has 2 N–H and O–H groups in total. The molecule has 0 aromatic carbocycles. The summed E-state index contributed by atoms with van der Waals surface area (Å²) < 4.78 is 8.47. The zero-order valence-electron chi connectivity index (χ0n) is 9.44. The lowest BCUT2D eigenvalue weighted by Crippen LogP contribution is -2.28. The monoisotopic (exact) mass is 252 g/mol. The van der Waals surface area contributed by atoms with Gasteiger partial charge in [-0.1, -0.05) is 0 Å². The van der Waals surface area contributed by atoms with Gasteiger partial charge in [0.25, 0.3) is 0 Å². The summed E-state index contributed by atoms with van der Waals surface area (Å²) in [5.74, 6) is 0.243. The Morgan fingerprint density at radius 3 is 3.00 bits per heavy atom. The topological polar surface area (TPSA) is 102 Å². The third-order valence-corrected chi connectivity index (χ3v) is 3.06. The van der Waals surface area contributed by atoms with Crippen molar-refractivity contribution in [2.75, 3.05) is 6.61 Å². The molecule has 96 valence electrons. The number of aliphatic hydroxyl groups excluding tert-OH is 1. The van der Waals surface area contributed by atoms with Crippen LogP contribution in [0, 0.1) is 0 Å². The van der Waals surface area contributed by atoms with Gasteiger partial charge in [0, 0.05) is 12.4 Å². The van der Waals surface area contributed by atoms with Crippen LogP contribution in [0.1, 0.15) is 19.1 Å². The molecule has 0 unspecified atom stereocenters. The van der Waals surface area contributed by atoms with E-state index in [0.717, 1.165) is 6.42 Å². The maximum atomic E-state index is 11.5. The van der Waals surface area contributed by atoms with Crippen LogP contribution in [0.4, 0.5) is 0 Å². The molecule has 0 aliphatic carbocycles. The Balaban J connectivity index is 2.08. The number of fused-ring (bicyclic) bond motifs is 1. The smallest absolute Gasteiger partial charge is 0.352 e. The van der Waals surface area contributed by atoms with Crippen molar-refractivity contribution in [2.24, 2.45) is 0 Å². The molecule has 0 amide bonds. The molecule has 1 aliphatic heterocycles. The van der Waals surface area contributed by atoms with Gasteiger partial charge in [-0.3, -0.25) is 9.55 Å². The van der Waals surface area contributed by atoms with Crippen LogP contribution < -0.4 is 11.4 Å². The number of H-pyrrole nitrogens is 1. The fraction of sp³-hybridized carbons (Fsp3) is 0.500. The van der Waals surface area contributed by atoms with Crippen molar-refractivity contribution >= 4 is 5.78 Å². The average Bonchev–Trinajstić information content (AvgIpc) is 2.93. The number of rotatable bonds is 2. The second-order valence-corrected chi connectivity index (χ2v) is 4.20. The van der Waals surface area contributed by atoms with Gasteiger partial charge in [-0.25, -0.2) is 14.0 Å². The van der Waals surface area contributed by atoms with Crippen molar-refractivity contribution in [3.63, 3.8) is 0 Å². The minimum Gasteiger partial charge on any atom is -0.394 e. The Bertz CT molecular complexity index is 685. The van der Waals surface area contributed by atoms with E-state index in [1.54, 1.807) is 10.8 Å².